The molecule has 0 bridgehead atoms. The highest BCUT2D eigenvalue weighted by Gasteiger charge is 2.47. The molecule has 1 saturated carbocycles. The maximum absolute atomic E-state index is 12.6. The number of hydrogen-bond acceptors (Lipinski definition) is 7. The van der Waals surface area contributed by atoms with E-state index in [2.05, 4.69) is 39.2 Å². The van der Waals surface area contributed by atoms with Gasteiger partial charge in [0.25, 0.3) is 0 Å². The van der Waals surface area contributed by atoms with E-state index in [4.69, 9.17) is 5.73 Å². The van der Waals surface area contributed by atoms with Crippen molar-refractivity contribution in [2.45, 2.75) is 32.1 Å². The van der Waals surface area contributed by atoms with Crippen molar-refractivity contribution in [3.05, 3.63) is 92.8 Å². The van der Waals surface area contributed by atoms with Gasteiger partial charge in [-0.2, -0.15) is 5.26 Å². The van der Waals surface area contributed by atoms with Crippen LogP contribution in [0.4, 0.5) is 5.69 Å². The molecule has 5 rings (SSSR count). The van der Waals surface area contributed by atoms with Gasteiger partial charge >= 0.3 is 0 Å². The van der Waals surface area contributed by atoms with Gasteiger partial charge in [0.1, 0.15) is 10.9 Å². The molecule has 2 aromatic carbocycles. The second-order valence-corrected chi connectivity index (χ2v) is 10.8. The van der Waals surface area contributed by atoms with Crippen LogP contribution in [0.5, 0.6) is 0 Å². The van der Waals surface area contributed by atoms with Crippen molar-refractivity contribution < 1.29 is 4.79 Å². The van der Waals surface area contributed by atoms with E-state index in [1.807, 2.05) is 48.5 Å². The molecule has 4 N–H and O–H groups in total. The third kappa shape index (κ3) is 4.81. The lowest BCUT2D eigenvalue weighted by molar-refractivity contribution is -0.113. The number of thioether (sulfide) groups is 2. The van der Waals surface area contributed by atoms with Crippen LogP contribution < -0.4 is 16.4 Å². The molecule has 36 heavy (non-hydrogen) atoms. The molecule has 0 saturated heterocycles. The van der Waals surface area contributed by atoms with Gasteiger partial charge in [0.15, 0.2) is 0 Å². The average Bonchev–Trinajstić information content (AvgIpc) is 3.38. The van der Waals surface area contributed by atoms with E-state index >= 15 is 0 Å². The number of nitrogens with zero attached hydrogens (tertiary/aromatic N) is 2. The molecule has 1 amide bonds. The predicted molar refractivity (Wildman–Crippen MR) is 149 cm³/mol. The van der Waals surface area contributed by atoms with Gasteiger partial charge in [-0.05, 0) is 30.5 Å². The summed E-state index contributed by atoms with van der Waals surface area (Å²) >= 11 is 2.88. The van der Waals surface area contributed by atoms with E-state index in [1.165, 1.54) is 11.8 Å². The van der Waals surface area contributed by atoms with Crippen LogP contribution in [0.3, 0.4) is 0 Å². The highest BCUT2D eigenvalue weighted by atomic mass is 32.2. The Bertz CT molecular complexity index is 1320. The third-order valence-electron chi connectivity index (χ3n) is 6.72. The molecule has 0 aromatic heterocycles. The van der Waals surface area contributed by atoms with Gasteiger partial charge in [0.2, 0.25) is 5.91 Å². The van der Waals surface area contributed by atoms with Gasteiger partial charge in [-0.15, -0.1) is 0 Å². The van der Waals surface area contributed by atoms with Crippen molar-refractivity contribution in [3.8, 4) is 6.07 Å². The molecule has 182 valence electrons. The number of nitriles is 1. The molecular formula is C28H27N5OS2. The summed E-state index contributed by atoms with van der Waals surface area (Å²) in [7, 11) is 0. The van der Waals surface area contributed by atoms with Crippen molar-refractivity contribution in [2.75, 3.05) is 11.1 Å². The summed E-state index contributed by atoms with van der Waals surface area (Å²) in [6, 6.07) is 22.0. The average molecular weight is 514 g/mol. The topological polar surface area (TPSA) is 103 Å². The van der Waals surface area contributed by atoms with E-state index in [9.17, 15) is 10.1 Å². The van der Waals surface area contributed by atoms with Gasteiger partial charge in [-0.3, -0.25) is 4.79 Å². The number of benzene rings is 2. The Labute approximate surface area is 219 Å². The van der Waals surface area contributed by atoms with Crippen molar-refractivity contribution >= 4 is 46.7 Å². The van der Waals surface area contributed by atoms with E-state index in [1.54, 1.807) is 11.8 Å². The van der Waals surface area contributed by atoms with E-state index in [0.717, 1.165) is 59.7 Å². The smallest absolute Gasteiger partial charge is 0.234 e. The standard InChI is InChI=1S/C28H27N5OS2/c29-16-21-26(36-18-23(34)31-20-12-6-2-7-13-20)33-25(30)24(28(21)14-8-3-9-15-28)27-32-22(17-35-27)19-10-4-1-5-11-19/h1-2,4-7,10-13,17,32H,3,8-9,14-15,18H2,(H2,30,33)(H,31,34)/b27-24+. The number of amides is 1. The summed E-state index contributed by atoms with van der Waals surface area (Å²) in [6.45, 7) is 0. The first kappa shape index (κ1) is 24.3. The minimum Gasteiger partial charge on any atom is -0.383 e. The molecule has 2 heterocycles. The molecular weight excluding hydrogens is 486 g/mol. The number of hydrogen-bond donors (Lipinski definition) is 3. The zero-order chi connectivity index (χ0) is 25.0. The number of rotatable bonds is 5. The number of carbonyl (C=O) groups excluding carboxylic acids is 1. The van der Waals surface area contributed by atoms with Crippen LogP contribution >= 0.6 is 23.5 Å². The number of nitrogens with two attached hydrogens (primary N) is 1. The van der Waals surface area contributed by atoms with Crippen LogP contribution in [-0.2, 0) is 4.79 Å². The molecule has 2 aliphatic heterocycles. The quantitative estimate of drug-likeness (QED) is 0.456. The Balaban J connectivity index is 1.44. The third-order valence-corrected chi connectivity index (χ3v) is 8.59. The number of amidine groups is 1. The van der Waals surface area contributed by atoms with Crippen LogP contribution in [0.25, 0.3) is 5.70 Å². The number of nitrogens with one attached hydrogen (secondary N) is 2. The first-order valence-electron chi connectivity index (χ1n) is 12.0. The van der Waals surface area contributed by atoms with Crippen molar-refractivity contribution in [1.29, 1.82) is 5.26 Å². The molecule has 8 heteroatoms. The van der Waals surface area contributed by atoms with Crippen LogP contribution in [0, 0.1) is 16.7 Å². The van der Waals surface area contributed by atoms with E-state index < -0.39 is 5.41 Å². The fraction of sp³-hybridized carbons (Fsp3) is 0.250. The Kier molecular flexibility index (Phi) is 7.21. The highest BCUT2D eigenvalue weighted by molar-refractivity contribution is 8.06. The number of para-hydroxylation sites is 1. The molecule has 0 unspecified atom stereocenters. The summed E-state index contributed by atoms with van der Waals surface area (Å²) in [5.41, 5.74) is 10.6. The first-order valence-corrected chi connectivity index (χ1v) is 13.9. The summed E-state index contributed by atoms with van der Waals surface area (Å²) in [4.78, 5) is 17.3. The van der Waals surface area contributed by atoms with Crippen molar-refractivity contribution in [1.82, 2.24) is 5.32 Å². The maximum Gasteiger partial charge on any atom is 0.234 e. The SMILES string of the molecule is N#CC1=C(SCC(=O)Nc2ccccc2)N=C(N)/C(=C2/NC(c3ccccc3)=CS2)C12CCCCC2. The molecule has 1 fully saturated rings. The summed E-state index contributed by atoms with van der Waals surface area (Å²) in [5.74, 6) is 0.442. The van der Waals surface area contributed by atoms with Crippen LogP contribution in [0.15, 0.2) is 92.3 Å². The first-order chi connectivity index (χ1) is 17.6. The molecule has 1 spiro atoms. The summed E-state index contributed by atoms with van der Waals surface area (Å²) in [6.07, 6.45) is 4.86. The molecule has 1 aliphatic carbocycles. The zero-order valence-electron chi connectivity index (χ0n) is 19.8. The second kappa shape index (κ2) is 10.7. The molecule has 3 aliphatic rings. The Morgan fingerprint density at radius 3 is 2.50 bits per heavy atom. The molecule has 0 radical (unpaired) electrons. The van der Waals surface area contributed by atoms with Crippen LogP contribution in [0.1, 0.15) is 37.7 Å². The lowest BCUT2D eigenvalue weighted by Crippen LogP contribution is -2.40. The molecule has 6 nitrogen and oxygen atoms in total. The van der Waals surface area contributed by atoms with Gasteiger partial charge in [0.05, 0.1) is 28.1 Å². The number of anilines is 1. The molecule has 2 aromatic rings. The van der Waals surface area contributed by atoms with Crippen LogP contribution in [0.2, 0.25) is 0 Å². The van der Waals surface area contributed by atoms with Gasteiger partial charge < -0.3 is 16.4 Å². The number of aliphatic imine (C=N–C) groups is 1. The van der Waals surface area contributed by atoms with E-state index in [0.29, 0.717) is 16.4 Å². The van der Waals surface area contributed by atoms with Gasteiger partial charge in [-0.25, -0.2) is 4.99 Å². The minimum absolute atomic E-state index is 0.142. The lowest BCUT2D eigenvalue weighted by Gasteiger charge is -2.42. The zero-order valence-corrected chi connectivity index (χ0v) is 21.4. The predicted octanol–water partition coefficient (Wildman–Crippen LogP) is 5.96. The Morgan fingerprint density at radius 2 is 1.81 bits per heavy atom. The second-order valence-electron chi connectivity index (χ2n) is 8.98. The minimum atomic E-state index is -0.494. The normalized spacial score (nSPS) is 20.9. The fourth-order valence-electron chi connectivity index (χ4n) is 5.08. The number of carbonyl (C=O) groups is 1. The monoisotopic (exact) mass is 513 g/mol. The highest BCUT2D eigenvalue weighted by Crippen LogP contribution is 2.55. The number of allylic oxidation sites excluding steroid dienone is 1. The largest absolute Gasteiger partial charge is 0.383 e. The van der Waals surface area contributed by atoms with Gasteiger partial charge in [0, 0.05) is 22.1 Å². The Hall–Kier alpha value is -3.41. The maximum atomic E-state index is 12.6. The summed E-state index contributed by atoms with van der Waals surface area (Å²) in [5, 5.41) is 20.4. The van der Waals surface area contributed by atoms with E-state index in [-0.39, 0.29) is 11.7 Å². The Morgan fingerprint density at radius 1 is 1.11 bits per heavy atom. The van der Waals surface area contributed by atoms with Crippen LogP contribution in [-0.4, -0.2) is 17.5 Å². The molecule has 0 atom stereocenters. The fourth-order valence-corrected chi connectivity index (χ4v) is 6.98. The van der Waals surface area contributed by atoms with Gasteiger partial charge in [-0.1, -0.05) is 91.3 Å². The van der Waals surface area contributed by atoms with Crippen molar-refractivity contribution in [2.24, 2.45) is 16.1 Å². The van der Waals surface area contributed by atoms with Crippen molar-refractivity contribution in [3.63, 3.8) is 0 Å². The summed E-state index contributed by atoms with van der Waals surface area (Å²) < 4.78 is 0. The lowest BCUT2D eigenvalue weighted by atomic mass is 9.64.